The molecule has 0 aliphatic heterocycles. The number of benzene rings is 2. The molecule has 0 bridgehead atoms. The van der Waals surface area contributed by atoms with Gasteiger partial charge in [-0.3, -0.25) is 0 Å². The lowest BCUT2D eigenvalue weighted by molar-refractivity contribution is 0.354. The Morgan fingerprint density at radius 1 is 1.04 bits per heavy atom. The minimum absolute atomic E-state index is 0. The average Bonchev–Trinajstić information content (AvgIpc) is 2.66. The van der Waals surface area contributed by atoms with Crippen molar-refractivity contribution in [3.05, 3.63) is 58.4 Å². The molecule has 0 amide bonds. The number of aliphatic imine (C=N–C) groups is 1. The van der Waals surface area contributed by atoms with Crippen LogP contribution in [0.3, 0.4) is 0 Å². The fourth-order valence-corrected chi connectivity index (χ4v) is 2.53. The number of ether oxygens (including phenoxy) is 2. The second-order valence-electron chi connectivity index (χ2n) is 5.49. The summed E-state index contributed by atoms with van der Waals surface area (Å²) in [5.41, 5.74) is 1.86. The fourth-order valence-electron chi connectivity index (χ4n) is 2.33. The largest absolute Gasteiger partial charge is 0.493 e. The van der Waals surface area contributed by atoms with Gasteiger partial charge in [0.15, 0.2) is 17.5 Å². The van der Waals surface area contributed by atoms with E-state index in [1.165, 1.54) is 6.07 Å². The lowest BCUT2D eigenvalue weighted by atomic mass is 10.2. The van der Waals surface area contributed by atoms with Gasteiger partial charge in [-0.25, -0.2) is 9.38 Å². The summed E-state index contributed by atoms with van der Waals surface area (Å²) in [5, 5.41) is 6.53. The molecule has 0 saturated heterocycles. The van der Waals surface area contributed by atoms with E-state index in [1.807, 2.05) is 25.1 Å². The van der Waals surface area contributed by atoms with Crippen molar-refractivity contribution >= 4 is 41.5 Å². The highest BCUT2D eigenvalue weighted by molar-refractivity contribution is 14.0. The summed E-state index contributed by atoms with van der Waals surface area (Å²) in [7, 11) is 3.21. The third kappa shape index (κ3) is 7.06. The maximum Gasteiger partial charge on any atom is 0.191 e. The Bertz CT molecular complexity index is 775. The summed E-state index contributed by atoms with van der Waals surface area (Å²) in [6.07, 6.45) is 0. The van der Waals surface area contributed by atoms with Crippen molar-refractivity contribution in [3.8, 4) is 11.5 Å². The zero-order valence-electron chi connectivity index (χ0n) is 15.5. The predicted octanol–water partition coefficient (Wildman–Crippen LogP) is 4.37. The molecule has 2 aromatic rings. The molecule has 2 aromatic carbocycles. The molecule has 8 heteroatoms. The quantitative estimate of drug-likeness (QED) is 0.332. The van der Waals surface area contributed by atoms with E-state index in [2.05, 4.69) is 15.6 Å². The summed E-state index contributed by atoms with van der Waals surface area (Å²) in [4.78, 5) is 4.50. The van der Waals surface area contributed by atoms with Gasteiger partial charge in [-0.2, -0.15) is 0 Å². The zero-order valence-corrected chi connectivity index (χ0v) is 18.6. The molecule has 0 unspecified atom stereocenters. The van der Waals surface area contributed by atoms with Gasteiger partial charge in [0.25, 0.3) is 0 Å². The van der Waals surface area contributed by atoms with Gasteiger partial charge in [0.05, 0.1) is 25.8 Å². The van der Waals surface area contributed by atoms with Crippen LogP contribution in [0.15, 0.2) is 41.4 Å². The van der Waals surface area contributed by atoms with Crippen molar-refractivity contribution in [3.63, 3.8) is 0 Å². The lowest BCUT2D eigenvalue weighted by Crippen LogP contribution is -2.36. The molecule has 0 radical (unpaired) electrons. The van der Waals surface area contributed by atoms with Crippen molar-refractivity contribution in [2.75, 3.05) is 20.8 Å². The van der Waals surface area contributed by atoms with Crippen LogP contribution in [0.25, 0.3) is 0 Å². The van der Waals surface area contributed by atoms with Gasteiger partial charge in [0, 0.05) is 13.1 Å². The molecule has 2 rings (SSSR count). The van der Waals surface area contributed by atoms with Gasteiger partial charge < -0.3 is 20.1 Å². The number of rotatable bonds is 7. The van der Waals surface area contributed by atoms with Gasteiger partial charge in [-0.1, -0.05) is 23.7 Å². The summed E-state index contributed by atoms with van der Waals surface area (Å²) in [5.74, 6) is 1.58. The summed E-state index contributed by atoms with van der Waals surface area (Å²) >= 11 is 5.81. The number of halogens is 3. The third-order valence-electron chi connectivity index (χ3n) is 3.66. The van der Waals surface area contributed by atoms with Crippen LogP contribution in [0.1, 0.15) is 18.1 Å². The first-order chi connectivity index (χ1) is 12.6. The van der Waals surface area contributed by atoms with Crippen LogP contribution in [-0.4, -0.2) is 26.7 Å². The van der Waals surface area contributed by atoms with E-state index in [0.29, 0.717) is 30.5 Å². The first-order valence-electron chi connectivity index (χ1n) is 8.24. The second-order valence-corrected chi connectivity index (χ2v) is 5.89. The number of hydrogen-bond donors (Lipinski definition) is 2. The molecule has 5 nitrogen and oxygen atoms in total. The number of nitrogens with zero attached hydrogens (tertiary/aromatic N) is 1. The van der Waals surface area contributed by atoms with Crippen LogP contribution in [0.4, 0.5) is 4.39 Å². The maximum atomic E-state index is 13.2. The van der Waals surface area contributed by atoms with E-state index < -0.39 is 5.82 Å². The molecule has 0 atom stereocenters. The smallest absolute Gasteiger partial charge is 0.191 e. The van der Waals surface area contributed by atoms with E-state index in [4.69, 9.17) is 21.1 Å². The normalized spacial score (nSPS) is 10.8. The van der Waals surface area contributed by atoms with Crippen molar-refractivity contribution in [2.45, 2.75) is 20.0 Å². The molecule has 148 valence electrons. The van der Waals surface area contributed by atoms with E-state index in [1.54, 1.807) is 26.4 Å². The Morgan fingerprint density at radius 3 is 2.37 bits per heavy atom. The van der Waals surface area contributed by atoms with Gasteiger partial charge in [-0.15, -0.1) is 24.0 Å². The Balaban J connectivity index is 0.00000364. The third-order valence-corrected chi connectivity index (χ3v) is 3.95. The second kappa shape index (κ2) is 11.9. The lowest BCUT2D eigenvalue weighted by Gasteiger charge is -2.13. The highest BCUT2D eigenvalue weighted by Gasteiger charge is 2.06. The fraction of sp³-hybridized carbons (Fsp3) is 0.316. The first kappa shape index (κ1) is 23.3. The van der Waals surface area contributed by atoms with Crippen LogP contribution in [0.2, 0.25) is 5.02 Å². The average molecular weight is 508 g/mol. The molecule has 27 heavy (non-hydrogen) atoms. The SMILES string of the molecule is CCNC(=NCc1ccc(F)c(Cl)c1)NCc1ccc(OC)c(OC)c1.I. The van der Waals surface area contributed by atoms with Crippen LogP contribution < -0.4 is 20.1 Å². The summed E-state index contributed by atoms with van der Waals surface area (Å²) in [6, 6.07) is 10.3. The first-order valence-corrected chi connectivity index (χ1v) is 8.62. The van der Waals surface area contributed by atoms with Crippen LogP contribution >= 0.6 is 35.6 Å². The molecule has 0 aliphatic carbocycles. The summed E-state index contributed by atoms with van der Waals surface area (Å²) < 4.78 is 23.8. The van der Waals surface area contributed by atoms with Crippen molar-refractivity contribution in [1.82, 2.24) is 10.6 Å². The Morgan fingerprint density at radius 2 is 1.74 bits per heavy atom. The van der Waals surface area contributed by atoms with Crippen LogP contribution in [0, 0.1) is 5.82 Å². The van der Waals surface area contributed by atoms with Gasteiger partial charge in [-0.05, 0) is 42.3 Å². The molecular weight excluding hydrogens is 484 g/mol. The molecule has 0 fully saturated rings. The van der Waals surface area contributed by atoms with E-state index in [9.17, 15) is 4.39 Å². The minimum atomic E-state index is -0.433. The highest BCUT2D eigenvalue weighted by atomic mass is 127. The molecule has 0 heterocycles. The zero-order chi connectivity index (χ0) is 18.9. The predicted molar refractivity (Wildman–Crippen MR) is 118 cm³/mol. The van der Waals surface area contributed by atoms with Crippen LogP contribution in [-0.2, 0) is 13.1 Å². The Kier molecular flexibility index (Phi) is 10.2. The molecular formula is C19H24ClFIN3O2. The molecule has 2 N–H and O–H groups in total. The molecule has 0 aromatic heterocycles. The Hall–Kier alpha value is -1.74. The standard InChI is InChI=1S/C19H23ClFN3O2.HI/c1-4-22-19(23-11-13-5-7-16(21)15(20)9-13)24-12-14-6-8-17(25-2)18(10-14)26-3;/h5-10H,4,11-12H2,1-3H3,(H2,22,23,24);1H. The Labute approximate surface area is 181 Å². The molecule has 0 aliphatic rings. The molecule has 0 spiro atoms. The number of methoxy groups -OCH3 is 2. The van der Waals surface area contributed by atoms with Gasteiger partial charge in [0.2, 0.25) is 0 Å². The van der Waals surface area contributed by atoms with E-state index >= 15 is 0 Å². The summed E-state index contributed by atoms with van der Waals surface area (Å²) in [6.45, 7) is 3.67. The topological polar surface area (TPSA) is 54.9 Å². The monoisotopic (exact) mass is 507 g/mol. The van der Waals surface area contributed by atoms with Crippen molar-refractivity contribution in [1.29, 1.82) is 0 Å². The number of hydrogen-bond acceptors (Lipinski definition) is 3. The molecule has 0 saturated carbocycles. The minimum Gasteiger partial charge on any atom is -0.493 e. The number of guanidine groups is 1. The maximum absolute atomic E-state index is 13.2. The van der Waals surface area contributed by atoms with Crippen molar-refractivity contribution < 1.29 is 13.9 Å². The highest BCUT2D eigenvalue weighted by Crippen LogP contribution is 2.27. The van der Waals surface area contributed by atoms with Gasteiger partial charge in [0.1, 0.15) is 5.82 Å². The van der Waals surface area contributed by atoms with Crippen molar-refractivity contribution in [2.24, 2.45) is 4.99 Å². The van der Waals surface area contributed by atoms with Crippen LogP contribution in [0.5, 0.6) is 11.5 Å². The number of nitrogens with one attached hydrogen (secondary N) is 2. The van der Waals surface area contributed by atoms with E-state index in [0.717, 1.165) is 17.7 Å². The van der Waals surface area contributed by atoms with E-state index in [-0.39, 0.29) is 29.0 Å². The van der Waals surface area contributed by atoms with Gasteiger partial charge >= 0.3 is 0 Å².